The Hall–Kier alpha value is -2.02. The van der Waals surface area contributed by atoms with Gasteiger partial charge in [0.2, 0.25) is 0 Å². The monoisotopic (exact) mass is 409 g/mol. The first-order chi connectivity index (χ1) is 13.7. The van der Waals surface area contributed by atoms with Gasteiger partial charge in [0.15, 0.2) is 5.17 Å². The molecule has 0 unspecified atom stereocenters. The minimum absolute atomic E-state index is 0.124. The summed E-state index contributed by atoms with van der Waals surface area (Å²) in [5.41, 5.74) is 2.38. The van der Waals surface area contributed by atoms with Crippen molar-refractivity contribution in [1.29, 1.82) is 0 Å². The van der Waals surface area contributed by atoms with Gasteiger partial charge in [0.05, 0.1) is 4.91 Å². The number of carbonyl (C=O) groups excluding carboxylic acids is 1. The molecule has 0 spiro atoms. The lowest BCUT2D eigenvalue weighted by atomic mass is 10.2. The van der Waals surface area contributed by atoms with Crippen molar-refractivity contribution in [3.63, 3.8) is 0 Å². The Morgan fingerprint density at radius 1 is 1.04 bits per heavy atom. The molecule has 6 heteroatoms. The molecule has 2 aliphatic rings. The molecule has 1 amide bonds. The summed E-state index contributed by atoms with van der Waals surface area (Å²) >= 11 is 3.21. The Balaban J connectivity index is 1.34. The Labute approximate surface area is 174 Å². The van der Waals surface area contributed by atoms with E-state index in [4.69, 9.17) is 0 Å². The predicted molar refractivity (Wildman–Crippen MR) is 120 cm³/mol. The van der Waals surface area contributed by atoms with Crippen molar-refractivity contribution in [3.05, 3.63) is 70.6 Å². The van der Waals surface area contributed by atoms with E-state index in [2.05, 4.69) is 63.5 Å². The van der Waals surface area contributed by atoms with Crippen LogP contribution in [0.5, 0.6) is 0 Å². The molecule has 0 saturated carbocycles. The molecule has 0 bridgehead atoms. The molecular formula is C22H23N3OS2. The van der Waals surface area contributed by atoms with E-state index in [0.29, 0.717) is 4.91 Å². The zero-order valence-corrected chi connectivity index (χ0v) is 17.5. The molecule has 1 saturated heterocycles. The van der Waals surface area contributed by atoms with Gasteiger partial charge in [-0.05, 0) is 47.4 Å². The van der Waals surface area contributed by atoms with E-state index >= 15 is 0 Å². The van der Waals surface area contributed by atoms with E-state index in [-0.39, 0.29) is 5.91 Å². The van der Waals surface area contributed by atoms with Gasteiger partial charge in [-0.2, -0.15) is 4.99 Å². The molecule has 0 atom stereocenters. The van der Waals surface area contributed by atoms with E-state index in [1.165, 1.54) is 22.2 Å². The molecule has 1 fully saturated rings. The van der Waals surface area contributed by atoms with E-state index in [0.717, 1.165) is 43.5 Å². The molecule has 0 radical (unpaired) electrons. The Morgan fingerprint density at radius 2 is 1.75 bits per heavy atom. The number of piperazine rings is 1. The molecule has 0 aromatic heterocycles. The number of amidine groups is 1. The predicted octanol–water partition coefficient (Wildman–Crippen LogP) is 4.20. The van der Waals surface area contributed by atoms with Crippen LogP contribution in [0.15, 0.2) is 69.4 Å². The molecule has 0 aliphatic carbocycles. The topological polar surface area (TPSA) is 35.9 Å². The number of nitrogens with zero attached hydrogens (tertiary/aromatic N) is 3. The summed E-state index contributed by atoms with van der Waals surface area (Å²) in [4.78, 5) is 23.3. The van der Waals surface area contributed by atoms with E-state index in [1.807, 2.05) is 18.2 Å². The first-order valence-corrected chi connectivity index (χ1v) is 11.4. The first-order valence-electron chi connectivity index (χ1n) is 9.39. The minimum atomic E-state index is -0.124. The van der Waals surface area contributed by atoms with Gasteiger partial charge < -0.3 is 4.90 Å². The molecule has 2 aromatic carbocycles. The standard InChI is InChI=1S/C22H23N3OS2/c1-27-19-9-7-17(8-10-19)15-20-21(26)23-22(28-20)25-13-11-24(12-14-25)16-18-5-3-2-4-6-18/h2-10,15H,11-14,16H2,1H3/b20-15-. The normalized spacial score (nSPS) is 19.3. The third kappa shape index (κ3) is 4.69. The van der Waals surface area contributed by atoms with Crippen LogP contribution in [-0.4, -0.2) is 53.3 Å². The SMILES string of the molecule is CSc1ccc(/C=C2\SC(N3CCN(Cc4ccccc4)CC3)=NC2=O)cc1. The molecule has 2 aromatic rings. The maximum absolute atomic E-state index is 12.3. The van der Waals surface area contributed by atoms with Crippen LogP contribution in [-0.2, 0) is 11.3 Å². The molecule has 0 N–H and O–H groups in total. The Morgan fingerprint density at radius 3 is 2.43 bits per heavy atom. The quantitative estimate of drug-likeness (QED) is 0.559. The average Bonchev–Trinajstić information content (AvgIpc) is 3.10. The summed E-state index contributed by atoms with van der Waals surface area (Å²) in [5.74, 6) is -0.124. The van der Waals surface area contributed by atoms with Crippen LogP contribution in [0.3, 0.4) is 0 Å². The summed E-state index contributed by atoms with van der Waals surface area (Å²) in [6, 6.07) is 18.8. The molecule has 2 heterocycles. The number of amides is 1. The summed E-state index contributed by atoms with van der Waals surface area (Å²) in [5, 5.41) is 0.844. The van der Waals surface area contributed by atoms with Crippen molar-refractivity contribution >= 4 is 40.7 Å². The molecule has 4 rings (SSSR count). The third-order valence-electron chi connectivity index (χ3n) is 4.91. The van der Waals surface area contributed by atoms with Crippen LogP contribution in [0.4, 0.5) is 0 Å². The van der Waals surface area contributed by atoms with Crippen molar-refractivity contribution in [2.45, 2.75) is 11.4 Å². The summed E-state index contributed by atoms with van der Waals surface area (Å²) in [7, 11) is 0. The molecule has 4 nitrogen and oxygen atoms in total. The summed E-state index contributed by atoms with van der Waals surface area (Å²) < 4.78 is 0. The second kappa shape index (κ2) is 8.99. The van der Waals surface area contributed by atoms with Gasteiger partial charge in [-0.15, -0.1) is 11.8 Å². The smallest absolute Gasteiger partial charge is 0.286 e. The van der Waals surface area contributed by atoms with Gasteiger partial charge in [-0.1, -0.05) is 42.5 Å². The lowest BCUT2D eigenvalue weighted by Gasteiger charge is -2.35. The van der Waals surface area contributed by atoms with Crippen LogP contribution in [0.2, 0.25) is 0 Å². The largest absolute Gasteiger partial charge is 0.348 e. The fourth-order valence-corrected chi connectivity index (χ4v) is 4.70. The van der Waals surface area contributed by atoms with Gasteiger partial charge in [-0.25, -0.2) is 0 Å². The van der Waals surface area contributed by atoms with Crippen molar-refractivity contribution in [2.75, 3.05) is 32.4 Å². The molecule has 2 aliphatic heterocycles. The van der Waals surface area contributed by atoms with Crippen LogP contribution >= 0.6 is 23.5 Å². The van der Waals surface area contributed by atoms with Crippen molar-refractivity contribution in [1.82, 2.24) is 9.80 Å². The van der Waals surface area contributed by atoms with Crippen molar-refractivity contribution < 1.29 is 4.79 Å². The molecule has 144 valence electrons. The highest BCUT2D eigenvalue weighted by atomic mass is 32.2. The second-order valence-electron chi connectivity index (χ2n) is 6.83. The summed E-state index contributed by atoms with van der Waals surface area (Å²) in [6.45, 7) is 4.75. The van der Waals surface area contributed by atoms with Gasteiger partial charge in [0.25, 0.3) is 5.91 Å². The molecular weight excluding hydrogens is 386 g/mol. The lowest BCUT2D eigenvalue weighted by molar-refractivity contribution is -0.113. The van der Waals surface area contributed by atoms with E-state index < -0.39 is 0 Å². The highest BCUT2D eigenvalue weighted by Gasteiger charge is 2.28. The number of benzene rings is 2. The third-order valence-corrected chi connectivity index (χ3v) is 6.70. The van der Waals surface area contributed by atoms with Crippen molar-refractivity contribution in [2.24, 2.45) is 4.99 Å². The number of rotatable bonds is 4. The van der Waals surface area contributed by atoms with Crippen LogP contribution in [0, 0.1) is 0 Å². The van der Waals surface area contributed by atoms with Gasteiger partial charge in [0.1, 0.15) is 0 Å². The zero-order valence-electron chi connectivity index (χ0n) is 15.9. The van der Waals surface area contributed by atoms with Crippen LogP contribution in [0.25, 0.3) is 6.08 Å². The van der Waals surface area contributed by atoms with Crippen LogP contribution in [0.1, 0.15) is 11.1 Å². The van der Waals surface area contributed by atoms with Crippen molar-refractivity contribution in [3.8, 4) is 0 Å². The number of hydrogen-bond donors (Lipinski definition) is 0. The molecule has 28 heavy (non-hydrogen) atoms. The second-order valence-corrected chi connectivity index (χ2v) is 8.72. The van der Waals surface area contributed by atoms with Gasteiger partial charge in [-0.3, -0.25) is 9.69 Å². The highest BCUT2D eigenvalue weighted by Crippen LogP contribution is 2.31. The highest BCUT2D eigenvalue weighted by molar-refractivity contribution is 8.18. The number of hydrogen-bond acceptors (Lipinski definition) is 5. The number of aliphatic imine (C=N–C) groups is 1. The lowest BCUT2D eigenvalue weighted by Crippen LogP contribution is -2.47. The van der Waals surface area contributed by atoms with E-state index in [1.54, 1.807) is 11.8 Å². The van der Waals surface area contributed by atoms with Gasteiger partial charge in [0, 0.05) is 37.6 Å². The number of thioether (sulfide) groups is 2. The average molecular weight is 410 g/mol. The minimum Gasteiger partial charge on any atom is -0.348 e. The maximum atomic E-state index is 12.3. The fraction of sp³-hybridized carbons (Fsp3) is 0.273. The first kappa shape index (κ1) is 19.3. The van der Waals surface area contributed by atoms with Gasteiger partial charge >= 0.3 is 0 Å². The fourth-order valence-electron chi connectivity index (χ4n) is 3.32. The number of carbonyl (C=O) groups is 1. The maximum Gasteiger partial charge on any atom is 0.286 e. The zero-order chi connectivity index (χ0) is 19.3. The Kier molecular flexibility index (Phi) is 6.20. The summed E-state index contributed by atoms with van der Waals surface area (Å²) in [6.07, 6.45) is 4.00. The van der Waals surface area contributed by atoms with E-state index in [9.17, 15) is 4.79 Å². The Bertz CT molecular complexity index is 886. The van der Waals surface area contributed by atoms with Crippen LogP contribution < -0.4 is 0 Å².